The van der Waals surface area contributed by atoms with Gasteiger partial charge in [0.05, 0.1) is 17.8 Å². The second-order valence-electron chi connectivity index (χ2n) is 6.11. The summed E-state index contributed by atoms with van der Waals surface area (Å²) in [6, 6.07) is 7.17. The number of rotatable bonds is 3. The maximum Gasteiger partial charge on any atom is 0.420 e. The number of para-hydroxylation sites is 2. The fraction of sp³-hybridized carbons (Fsp3) is 0.353. The molecule has 7 nitrogen and oxygen atoms in total. The van der Waals surface area contributed by atoms with Crippen LogP contribution in [0.1, 0.15) is 24.4 Å². The molecule has 24 heavy (non-hydrogen) atoms. The molecule has 0 bridgehead atoms. The number of fused-ring (bicyclic) bond motifs is 1. The molecule has 3 heterocycles. The molecule has 124 valence electrons. The van der Waals surface area contributed by atoms with E-state index in [4.69, 9.17) is 4.42 Å². The maximum absolute atomic E-state index is 12.8. The first-order chi connectivity index (χ1) is 11.6. The van der Waals surface area contributed by atoms with Crippen LogP contribution in [0.2, 0.25) is 0 Å². The lowest BCUT2D eigenvalue weighted by Crippen LogP contribution is -2.35. The van der Waals surface area contributed by atoms with Gasteiger partial charge in [0, 0.05) is 25.4 Å². The highest BCUT2D eigenvalue weighted by molar-refractivity contribution is 5.80. The van der Waals surface area contributed by atoms with Crippen LogP contribution >= 0.6 is 0 Å². The van der Waals surface area contributed by atoms with Crippen LogP contribution in [0, 0.1) is 0 Å². The zero-order chi connectivity index (χ0) is 16.7. The Balaban J connectivity index is 1.61. The van der Waals surface area contributed by atoms with Gasteiger partial charge in [-0.3, -0.25) is 14.0 Å². The Morgan fingerprint density at radius 1 is 1.38 bits per heavy atom. The first-order valence-electron chi connectivity index (χ1n) is 8.00. The number of hydrogen-bond acceptors (Lipinski definition) is 4. The molecule has 4 rings (SSSR count). The highest BCUT2D eigenvalue weighted by Gasteiger charge is 2.31. The fourth-order valence-electron chi connectivity index (χ4n) is 3.41. The monoisotopic (exact) mass is 326 g/mol. The molecule has 1 aliphatic heterocycles. The summed E-state index contributed by atoms with van der Waals surface area (Å²) in [5.41, 5.74) is 2.18. The van der Waals surface area contributed by atoms with Crippen molar-refractivity contribution in [1.29, 1.82) is 0 Å². The summed E-state index contributed by atoms with van der Waals surface area (Å²) in [6.45, 7) is 0.690. The van der Waals surface area contributed by atoms with Crippen LogP contribution in [0.25, 0.3) is 11.1 Å². The highest BCUT2D eigenvalue weighted by atomic mass is 16.4. The minimum Gasteiger partial charge on any atom is -0.408 e. The normalized spacial score (nSPS) is 17.7. The molecule has 1 aromatic carbocycles. The fourth-order valence-corrected chi connectivity index (χ4v) is 3.41. The van der Waals surface area contributed by atoms with E-state index < -0.39 is 5.76 Å². The van der Waals surface area contributed by atoms with Gasteiger partial charge in [-0.15, -0.1) is 0 Å². The third kappa shape index (κ3) is 2.42. The molecule has 2 aromatic heterocycles. The molecule has 0 N–H and O–H groups in total. The van der Waals surface area contributed by atoms with Gasteiger partial charge in [-0.2, -0.15) is 5.10 Å². The predicted molar refractivity (Wildman–Crippen MR) is 87.4 cm³/mol. The number of hydrogen-bond donors (Lipinski definition) is 0. The van der Waals surface area contributed by atoms with Crippen molar-refractivity contribution in [2.75, 3.05) is 6.54 Å². The quantitative estimate of drug-likeness (QED) is 0.734. The van der Waals surface area contributed by atoms with E-state index in [1.807, 2.05) is 24.2 Å². The van der Waals surface area contributed by atoms with Crippen LogP contribution in [-0.4, -0.2) is 31.7 Å². The molecule has 1 fully saturated rings. The lowest BCUT2D eigenvalue weighted by atomic mass is 10.1. The number of aryl methyl sites for hydroxylation is 1. The molecule has 1 atom stereocenters. The van der Waals surface area contributed by atoms with Gasteiger partial charge in [-0.25, -0.2) is 4.79 Å². The van der Waals surface area contributed by atoms with E-state index in [-0.39, 0.29) is 18.5 Å². The summed E-state index contributed by atoms with van der Waals surface area (Å²) in [7, 11) is 1.86. The van der Waals surface area contributed by atoms with E-state index in [0.717, 1.165) is 18.4 Å². The molecule has 1 saturated heterocycles. The van der Waals surface area contributed by atoms with Gasteiger partial charge < -0.3 is 9.32 Å². The summed E-state index contributed by atoms with van der Waals surface area (Å²) >= 11 is 0. The van der Waals surface area contributed by atoms with Crippen molar-refractivity contribution in [3.63, 3.8) is 0 Å². The largest absolute Gasteiger partial charge is 0.420 e. The summed E-state index contributed by atoms with van der Waals surface area (Å²) in [4.78, 5) is 26.7. The van der Waals surface area contributed by atoms with E-state index in [9.17, 15) is 9.59 Å². The van der Waals surface area contributed by atoms with Crippen molar-refractivity contribution in [3.05, 3.63) is 52.8 Å². The van der Waals surface area contributed by atoms with Crippen LogP contribution in [0.4, 0.5) is 0 Å². The molecule has 3 aromatic rings. The Hall–Kier alpha value is -2.83. The summed E-state index contributed by atoms with van der Waals surface area (Å²) in [5, 5.41) is 4.19. The van der Waals surface area contributed by atoms with Gasteiger partial charge in [0.1, 0.15) is 6.54 Å². The van der Waals surface area contributed by atoms with Crippen LogP contribution in [0.5, 0.6) is 0 Å². The standard InChI is InChI=1S/C17H18N4O3/c1-19-10-12(9-18-19)13-6-4-8-20(13)16(22)11-21-14-5-2-3-7-15(14)24-17(21)23/h2-3,5,7,9-10,13H,4,6,8,11H2,1H3/t13-/m0/s1. The number of aromatic nitrogens is 3. The van der Waals surface area contributed by atoms with E-state index in [1.165, 1.54) is 4.57 Å². The topological polar surface area (TPSA) is 73.3 Å². The minimum absolute atomic E-state index is 0.00733. The molecule has 0 saturated carbocycles. The van der Waals surface area contributed by atoms with Crippen molar-refractivity contribution < 1.29 is 9.21 Å². The number of benzene rings is 1. The third-order valence-corrected chi connectivity index (χ3v) is 4.55. The Labute approximate surface area is 138 Å². The average molecular weight is 326 g/mol. The van der Waals surface area contributed by atoms with E-state index in [2.05, 4.69) is 5.10 Å². The lowest BCUT2D eigenvalue weighted by molar-refractivity contribution is -0.132. The minimum atomic E-state index is -0.498. The summed E-state index contributed by atoms with van der Waals surface area (Å²) in [5.74, 6) is -0.573. The van der Waals surface area contributed by atoms with Crippen molar-refractivity contribution in [1.82, 2.24) is 19.2 Å². The number of amides is 1. The van der Waals surface area contributed by atoms with E-state index >= 15 is 0 Å². The predicted octanol–water partition coefficient (Wildman–Crippen LogP) is 1.69. The Kier molecular flexibility index (Phi) is 3.48. The number of carbonyl (C=O) groups excluding carboxylic acids is 1. The van der Waals surface area contributed by atoms with Gasteiger partial charge in [-0.05, 0) is 25.0 Å². The van der Waals surface area contributed by atoms with E-state index in [0.29, 0.717) is 17.6 Å². The molecule has 0 aliphatic carbocycles. The number of oxazole rings is 1. The van der Waals surface area contributed by atoms with Gasteiger partial charge in [0.2, 0.25) is 5.91 Å². The molecular weight excluding hydrogens is 308 g/mol. The number of carbonyl (C=O) groups is 1. The van der Waals surface area contributed by atoms with Crippen LogP contribution in [0.15, 0.2) is 45.9 Å². The van der Waals surface area contributed by atoms with Gasteiger partial charge in [0.15, 0.2) is 5.58 Å². The third-order valence-electron chi connectivity index (χ3n) is 4.55. The number of likely N-dealkylation sites (tertiary alicyclic amines) is 1. The summed E-state index contributed by atoms with van der Waals surface area (Å²) < 4.78 is 8.34. The van der Waals surface area contributed by atoms with Crippen molar-refractivity contribution in [2.24, 2.45) is 7.05 Å². The molecule has 1 amide bonds. The zero-order valence-corrected chi connectivity index (χ0v) is 13.4. The Morgan fingerprint density at radius 3 is 3.00 bits per heavy atom. The SMILES string of the molecule is Cn1cc([C@@H]2CCCN2C(=O)Cn2c(=O)oc3ccccc32)cn1. The molecular formula is C17H18N4O3. The molecule has 0 spiro atoms. The Bertz CT molecular complexity index is 952. The lowest BCUT2D eigenvalue weighted by Gasteiger charge is -2.24. The summed E-state index contributed by atoms with van der Waals surface area (Å²) in [6.07, 6.45) is 5.61. The van der Waals surface area contributed by atoms with Crippen LogP contribution in [-0.2, 0) is 18.4 Å². The molecule has 0 unspecified atom stereocenters. The van der Waals surface area contributed by atoms with Gasteiger partial charge in [0.25, 0.3) is 0 Å². The Morgan fingerprint density at radius 2 is 2.21 bits per heavy atom. The van der Waals surface area contributed by atoms with Gasteiger partial charge >= 0.3 is 5.76 Å². The number of nitrogens with zero attached hydrogens (tertiary/aromatic N) is 4. The zero-order valence-electron chi connectivity index (χ0n) is 13.4. The smallest absolute Gasteiger partial charge is 0.408 e. The first kappa shape index (κ1) is 14.7. The van der Waals surface area contributed by atoms with E-state index in [1.54, 1.807) is 29.1 Å². The van der Waals surface area contributed by atoms with Crippen LogP contribution in [0.3, 0.4) is 0 Å². The first-order valence-corrected chi connectivity index (χ1v) is 8.00. The maximum atomic E-state index is 12.8. The van der Waals surface area contributed by atoms with Crippen molar-refractivity contribution in [3.8, 4) is 0 Å². The average Bonchev–Trinajstić information content (AvgIpc) is 3.27. The molecule has 0 radical (unpaired) electrons. The van der Waals surface area contributed by atoms with Crippen molar-refractivity contribution >= 4 is 17.0 Å². The molecule has 7 heteroatoms. The van der Waals surface area contributed by atoms with Crippen LogP contribution < -0.4 is 5.76 Å². The highest BCUT2D eigenvalue weighted by Crippen LogP contribution is 2.31. The van der Waals surface area contributed by atoms with Gasteiger partial charge in [-0.1, -0.05) is 12.1 Å². The molecule has 1 aliphatic rings. The second kappa shape index (κ2) is 5.67. The second-order valence-corrected chi connectivity index (χ2v) is 6.11. The van der Waals surface area contributed by atoms with Crippen molar-refractivity contribution in [2.45, 2.75) is 25.4 Å².